The van der Waals surface area contributed by atoms with Gasteiger partial charge in [0.15, 0.2) is 0 Å². The van der Waals surface area contributed by atoms with Crippen LogP contribution in [-0.4, -0.2) is 22.8 Å². The largest absolute Gasteiger partial charge is 0.351 e. The van der Waals surface area contributed by atoms with Crippen LogP contribution in [0.1, 0.15) is 37.7 Å². The molecule has 1 heterocycles. The van der Waals surface area contributed by atoms with Gasteiger partial charge in [-0.25, -0.2) is 9.69 Å². The molecule has 0 radical (unpaired) electrons. The lowest BCUT2D eigenvalue weighted by Crippen LogP contribution is -2.44. The third kappa shape index (κ3) is 5.29. The number of halogens is 1. The molecule has 2 aromatic rings. The van der Waals surface area contributed by atoms with Crippen LogP contribution in [0.3, 0.4) is 0 Å². The highest BCUT2D eigenvalue weighted by Gasteiger charge is 2.28. The van der Waals surface area contributed by atoms with Crippen LogP contribution in [0, 0.1) is 11.8 Å². The molecule has 3 N–H and O–H groups in total. The van der Waals surface area contributed by atoms with E-state index in [0.717, 1.165) is 4.90 Å². The van der Waals surface area contributed by atoms with Crippen molar-refractivity contribution >= 4 is 40.8 Å². The SMILES string of the molecule is CC(C)CC(C)C(=O)N(C(N)=O)c1ccc(NC(=O)c2ccccn2)cc1Cl. The first kappa shape index (κ1) is 21.4. The standard InChI is InChI=1S/C20H23ClN4O3/c1-12(2)10-13(3)19(27)25(20(22)28)17-8-7-14(11-15(17)21)24-18(26)16-6-4-5-9-23-16/h4-9,11-13H,10H2,1-3H3,(H2,22,28)(H,24,26). The molecule has 1 unspecified atom stereocenters. The molecule has 0 aliphatic carbocycles. The zero-order valence-corrected chi connectivity index (χ0v) is 16.7. The van der Waals surface area contributed by atoms with Gasteiger partial charge in [-0.2, -0.15) is 0 Å². The lowest BCUT2D eigenvalue weighted by molar-refractivity contribution is -0.121. The first-order valence-corrected chi connectivity index (χ1v) is 9.23. The summed E-state index contributed by atoms with van der Waals surface area (Å²) in [5, 5.41) is 2.78. The van der Waals surface area contributed by atoms with Crippen molar-refractivity contribution in [3.05, 3.63) is 53.3 Å². The topological polar surface area (TPSA) is 105 Å². The predicted octanol–water partition coefficient (Wildman–Crippen LogP) is 4.08. The normalized spacial score (nSPS) is 11.8. The number of benzene rings is 1. The van der Waals surface area contributed by atoms with Gasteiger partial charge in [0, 0.05) is 17.8 Å². The van der Waals surface area contributed by atoms with Gasteiger partial charge in [0.05, 0.1) is 10.7 Å². The Labute approximate surface area is 168 Å². The minimum absolute atomic E-state index is 0.114. The molecule has 0 spiro atoms. The van der Waals surface area contributed by atoms with E-state index in [0.29, 0.717) is 12.1 Å². The van der Waals surface area contributed by atoms with Gasteiger partial charge in [-0.1, -0.05) is 38.4 Å². The predicted molar refractivity (Wildman–Crippen MR) is 109 cm³/mol. The van der Waals surface area contributed by atoms with Crippen molar-refractivity contribution < 1.29 is 14.4 Å². The van der Waals surface area contributed by atoms with Crippen molar-refractivity contribution in [2.75, 3.05) is 10.2 Å². The zero-order valence-electron chi connectivity index (χ0n) is 16.0. The molecular weight excluding hydrogens is 380 g/mol. The minimum atomic E-state index is -0.909. The summed E-state index contributed by atoms with van der Waals surface area (Å²) < 4.78 is 0. The molecule has 1 atom stereocenters. The number of carbonyl (C=O) groups is 3. The number of anilines is 2. The third-order valence-electron chi connectivity index (χ3n) is 4.03. The monoisotopic (exact) mass is 402 g/mol. The molecule has 1 aromatic carbocycles. The molecule has 0 fully saturated rings. The average Bonchev–Trinajstić information content (AvgIpc) is 2.63. The molecular formula is C20H23ClN4O3. The van der Waals surface area contributed by atoms with E-state index in [4.69, 9.17) is 17.3 Å². The summed E-state index contributed by atoms with van der Waals surface area (Å²) in [6, 6.07) is 8.54. The number of hydrogen-bond donors (Lipinski definition) is 2. The Kier molecular flexibility index (Phi) is 7.12. The highest BCUT2D eigenvalue weighted by Crippen LogP contribution is 2.31. The molecule has 0 aliphatic heterocycles. The van der Waals surface area contributed by atoms with Gasteiger partial charge in [-0.15, -0.1) is 0 Å². The van der Waals surface area contributed by atoms with Gasteiger partial charge >= 0.3 is 6.03 Å². The van der Waals surface area contributed by atoms with Crippen LogP contribution >= 0.6 is 11.6 Å². The number of nitrogens with zero attached hydrogens (tertiary/aromatic N) is 2. The fourth-order valence-corrected chi connectivity index (χ4v) is 3.10. The lowest BCUT2D eigenvalue weighted by Gasteiger charge is -2.24. The summed E-state index contributed by atoms with van der Waals surface area (Å²) in [6.07, 6.45) is 2.12. The van der Waals surface area contributed by atoms with Gasteiger partial charge in [-0.05, 0) is 42.7 Å². The maximum Gasteiger partial charge on any atom is 0.326 e. The lowest BCUT2D eigenvalue weighted by atomic mass is 9.97. The van der Waals surface area contributed by atoms with E-state index in [1.807, 2.05) is 13.8 Å². The molecule has 0 aliphatic rings. The quantitative estimate of drug-likeness (QED) is 0.759. The van der Waals surface area contributed by atoms with E-state index < -0.39 is 23.8 Å². The van der Waals surface area contributed by atoms with Crippen LogP contribution in [-0.2, 0) is 4.79 Å². The number of rotatable bonds is 6. The molecule has 2 rings (SSSR count). The number of nitrogens with one attached hydrogen (secondary N) is 1. The zero-order chi connectivity index (χ0) is 20.8. The van der Waals surface area contributed by atoms with Crippen molar-refractivity contribution in [3.63, 3.8) is 0 Å². The van der Waals surface area contributed by atoms with Crippen molar-refractivity contribution in [1.29, 1.82) is 0 Å². The summed E-state index contributed by atoms with van der Waals surface area (Å²) in [4.78, 5) is 41.7. The van der Waals surface area contributed by atoms with E-state index in [9.17, 15) is 14.4 Å². The van der Waals surface area contributed by atoms with Crippen LogP contribution in [0.15, 0.2) is 42.6 Å². The number of nitrogens with two attached hydrogens (primary N) is 1. The Morgan fingerprint density at radius 2 is 1.89 bits per heavy atom. The number of carbonyl (C=O) groups excluding carboxylic acids is 3. The molecule has 1 aromatic heterocycles. The highest BCUT2D eigenvalue weighted by molar-refractivity contribution is 6.35. The highest BCUT2D eigenvalue weighted by atomic mass is 35.5. The Morgan fingerprint density at radius 1 is 1.18 bits per heavy atom. The number of amides is 4. The maximum absolute atomic E-state index is 12.7. The van der Waals surface area contributed by atoms with Crippen LogP contribution in [0.4, 0.5) is 16.2 Å². The van der Waals surface area contributed by atoms with Gasteiger partial charge in [0.25, 0.3) is 5.91 Å². The van der Waals surface area contributed by atoms with Gasteiger partial charge < -0.3 is 11.1 Å². The number of urea groups is 1. The van der Waals surface area contributed by atoms with Gasteiger partial charge in [0.1, 0.15) is 5.69 Å². The Morgan fingerprint density at radius 3 is 2.43 bits per heavy atom. The fourth-order valence-electron chi connectivity index (χ4n) is 2.83. The number of imide groups is 1. The Bertz CT molecular complexity index is 871. The van der Waals surface area contributed by atoms with Crippen molar-refractivity contribution in [2.24, 2.45) is 17.6 Å². The van der Waals surface area contributed by atoms with Crippen molar-refractivity contribution in [1.82, 2.24) is 4.98 Å². The summed E-state index contributed by atoms with van der Waals surface area (Å²) in [5.74, 6) is -0.938. The number of pyridine rings is 1. The smallest absolute Gasteiger partial charge is 0.326 e. The van der Waals surface area contributed by atoms with Crippen LogP contribution in [0.5, 0.6) is 0 Å². The first-order valence-electron chi connectivity index (χ1n) is 8.86. The van der Waals surface area contributed by atoms with Crippen LogP contribution in [0.25, 0.3) is 0 Å². The summed E-state index contributed by atoms with van der Waals surface area (Å²) in [5.41, 5.74) is 6.25. The van der Waals surface area contributed by atoms with E-state index in [1.165, 1.54) is 18.3 Å². The second-order valence-corrected chi connectivity index (χ2v) is 7.28. The van der Waals surface area contributed by atoms with Gasteiger partial charge in [0.2, 0.25) is 5.91 Å². The number of hydrogen-bond acceptors (Lipinski definition) is 4. The first-order chi connectivity index (χ1) is 13.2. The second kappa shape index (κ2) is 9.32. The molecule has 8 heteroatoms. The molecule has 0 bridgehead atoms. The second-order valence-electron chi connectivity index (χ2n) is 6.88. The van der Waals surface area contributed by atoms with Gasteiger partial charge in [-0.3, -0.25) is 14.6 Å². The summed E-state index contributed by atoms with van der Waals surface area (Å²) in [6.45, 7) is 5.72. The van der Waals surface area contributed by atoms with E-state index in [-0.39, 0.29) is 22.3 Å². The minimum Gasteiger partial charge on any atom is -0.351 e. The average molecular weight is 403 g/mol. The van der Waals surface area contributed by atoms with Crippen molar-refractivity contribution in [2.45, 2.75) is 27.2 Å². The van der Waals surface area contributed by atoms with Crippen LogP contribution < -0.4 is 16.0 Å². The maximum atomic E-state index is 12.7. The molecule has 0 saturated carbocycles. The van der Waals surface area contributed by atoms with E-state index in [1.54, 1.807) is 31.2 Å². The number of aromatic nitrogens is 1. The van der Waals surface area contributed by atoms with E-state index >= 15 is 0 Å². The molecule has 7 nitrogen and oxygen atoms in total. The summed E-state index contributed by atoms with van der Waals surface area (Å²) in [7, 11) is 0. The molecule has 0 saturated heterocycles. The molecule has 148 valence electrons. The fraction of sp³-hybridized carbons (Fsp3) is 0.300. The molecule has 28 heavy (non-hydrogen) atoms. The van der Waals surface area contributed by atoms with Crippen LogP contribution in [0.2, 0.25) is 5.02 Å². The Balaban J connectivity index is 2.24. The molecule has 4 amide bonds. The van der Waals surface area contributed by atoms with Crippen molar-refractivity contribution in [3.8, 4) is 0 Å². The third-order valence-corrected chi connectivity index (χ3v) is 4.33. The van der Waals surface area contributed by atoms with E-state index in [2.05, 4.69) is 10.3 Å². The summed E-state index contributed by atoms with van der Waals surface area (Å²) >= 11 is 6.28. The Hall–Kier alpha value is -2.93. The number of primary amides is 1.